The van der Waals surface area contributed by atoms with Crippen LogP contribution >= 0.6 is 0 Å². The number of carbonyl (C=O) groups excluding carboxylic acids is 3. The van der Waals surface area contributed by atoms with Crippen molar-refractivity contribution in [2.24, 2.45) is 17.6 Å². The molecule has 2 atom stereocenters. The Morgan fingerprint density at radius 1 is 1.00 bits per heavy atom. The standard InChI is InChI=1S/C25H38N4O3/c1-3-7-22(19-8-5-4-6-9-19)27-24(31)18(2)28-14-12-21(13-15-28)25(32)29-16-10-20(11-17-29)23(26)30/h4-6,8-9,18,20-22H,3,7,10-17H2,1-2H3,(H2,26,30)(H,27,31)/t18-,22-/m0/s1. The van der Waals surface area contributed by atoms with Crippen molar-refractivity contribution in [3.63, 3.8) is 0 Å². The van der Waals surface area contributed by atoms with E-state index in [1.54, 1.807) is 0 Å². The summed E-state index contributed by atoms with van der Waals surface area (Å²) in [4.78, 5) is 41.3. The number of nitrogens with two attached hydrogens (primary N) is 1. The Morgan fingerprint density at radius 3 is 2.16 bits per heavy atom. The van der Waals surface area contributed by atoms with Crippen LogP contribution in [-0.2, 0) is 14.4 Å². The molecule has 0 saturated carbocycles. The molecule has 176 valence electrons. The van der Waals surface area contributed by atoms with Crippen molar-refractivity contribution in [2.75, 3.05) is 26.2 Å². The maximum absolute atomic E-state index is 13.0. The second-order valence-electron chi connectivity index (χ2n) is 9.25. The van der Waals surface area contributed by atoms with Crippen LogP contribution in [0.1, 0.15) is 64.0 Å². The number of nitrogens with zero attached hydrogens (tertiary/aromatic N) is 2. The number of piperidine rings is 2. The van der Waals surface area contributed by atoms with Gasteiger partial charge in [-0.2, -0.15) is 0 Å². The first-order valence-corrected chi connectivity index (χ1v) is 12.1. The average molecular weight is 443 g/mol. The number of hydrogen-bond acceptors (Lipinski definition) is 4. The molecule has 3 N–H and O–H groups in total. The first kappa shape index (κ1) is 24.2. The van der Waals surface area contributed by atoms with Gasteiger partial charge in [0.1, 0.15) is 0 Å². The van der Waals surface area contributed by atoms with Crippen LogP contribution in [0.2, 0.25) is 0 Å². The highest BCUT2D eigenvalue weighted by Gasteiger charge is 2.34. The molecule has 2 saturated heterocycles. The lowest BCUT2D eigenvalue weighted by Crippen LogP contribution is -2.51. The Hall–Kier alpha value is -2.41. The van der Waals surface area contributed by atoms with Gasteiger partial charge in [0, 0.05) is 24.9 Å². The van der Waals surface area contributed by atoms with Gasteiger partial charge in [-0.15, -0.1) is 0 Å². The molecule has 32 heavy (non-hydrogen) atoms. The van der Waals surface area contributed by atoms with Crippen molar-refractivity contribution < 1.29 is 14.4 Å². The summed E-state index contributed by atoms with van der Waals surface area (Å²) in [6.07, 6.45) is 4.77. The van der Waals surface area contributed by atoms with Gasteiger partial charge >= 0.3 is 0 Å². The minimum absolute atomic E-state index is 0.00352. The van der Waals surface area contributed by atoms with E-state index in [9.17, 15) is 14.4 Å². The Balaban J connectivity index is 1.48. The second-order valence-corrected chi connectivity index (χ2v) is 9.25. The average Bonchev–Trinajstić information content (AvgIpc) is 2.83. The van der Waals surface area contributed by atoms with Crippen molar-refractivity contribution >= 4 is 17.7 Å². The summed E-state index contributed by atoms with van der Waals surface area (Å²) < 4.78 is 0. The lowest BCUT2D eigenvalue weighted by atomic mass is 9.91. The molecule has 0 unspecified atom stereocenters. The fourth-order valence-electron chi connectivity index (χ4n) is 4.93. The number of carbonyl (C=O) groups is 3. The number of nitrogens with one attached hydrogen (secondary N) is 1. The van der Waals surface area contributed by atoms with E-state index in [4.69, 9.17) is 5.73 Å². The molecule has 0 radical (unpaired) electrons. The van der Waals surface area contributed by atoms with Crippen LogP contribution in [0.3, 0.4) is 0 Å². The summed E-state index contributed by atoms with van der Waals surface area (Å²) in [5, 5.41) is 3.24. The van der Waals surface area contributed by atoms with E-state index in [0.29, 0.717) is 25.9 Å². The zero-order valence-corrected chi connectivity index (χ0v) is 19.5. The molecule has 0 aromatic heterocycles. The number of amides is 3. The van der Waals surface area contributed by atoms with Gasteiger partial charge in [-0.3, -0.25) is 19.3 Å². The zero-order chi connectivity index (χ0) is 23.1. The summed E-state index contributed by atoms with van der Waals surface area (Å²) in [6, 6.07) is 9.93. The Bertz CT molecular complexity index is 769. The number of likely N-dealkylation sites (tertiary alicyclic amines) is 2. The van der Waals surface area contributed by atoms with Gasteiger partial charge in [0.05, 0.1) is 12.1 Å². The maximum Gasteiger partial charge on any atom is 0.237 e. The van der Waals surface area contributed by atoms with Gasteiger partial charge in [-0.1, -0.05) is 43.7 Å². The molecule has 3 rings (SSSR count). The normalized spacial score (nSPS) is 20.5. The summed E-state index contributed by atoms with van der Waals surface area (Å²) in [6.45, 7) is 6.80. The smallest absolute Gasteiger partial charge is 0.237 e. The van der Waals surface area contributed by atoms with Crippen molar-refractivity contribution in [3.8, 4) is 0 Å². The minimum Gasteiger partial charge on any atom is -0.369 e. The Kier molecular flexibility index (Phi) is 8.67. The van der Waals surface area contributed by atoms with Gasteiger partial charge in [0.25, 0.3) is 0 Å². The Morgan fingerprint density at radius 2 is 1.59 bits per heavy atom. The predicted octanol–water partition coefficient (Wildman–Crippen LogP) is 2.47. The van der Waals surface area contributed by atoms with E-state index in [1.807, 2.05) is 30.0 Å². The molecule has 2 aliphatic rings. The maximum atomic E-state index is 13.0. The van der Waals surface area contributed by atoms with Gasteiger partial charge in [-0.05, 0) is 57.7 Å². The monoisotopic (exact) mass is 442 g/mol. The molecule has 1 aromatic rings. The number of hydrogen-bond donors (Lipinski definition) is 2. The third-order valence-electron chi connectivity index (χ3n) is 7.11. The van der Waals surface area contributed by atoms with Crippen LogP contribution in [0.25, 0.3) is 0 Å². The van der Waals surface area contributed by atoms with Crippen molar-refractivity contribution in [2.45, 2.75) is 64.5 Å². The summed E-state index contributed by atoms with van der Waals surface area (Å²) >= 11 is 0. The number of benzene rings is 1. The van der Waals surface area contributed by atoms with E-state index in [1.165, 1.54) is 0 Å². The van der Waals surface area contributed by atoms with Gasteiger partial charge in [0.2, 0.25) is 17.7 Å². The lowest BCUT2D eigenvalue weighted by molar-refractivity contribution is -0.140. The van der Waals surface area contributed by atoms with Crippen molar-refractivity contribution in [3.05, 3.63) is 35.9 Å². The van der Waals surface area contributed by atoms with E-state index in [-0.39, 0.29) is 41.6 Å². The molecule has 7 heteroatoms. The van der Waals surface area contributed by atoms with Crippen LogP contribution in [0.15, 0.2) is 30.3 Å². The third kappa shape index (κ3) is 6.09. The van der Waals surface area contributed by atoms with Crippen LogP contribution < -0.4 is 11.1 Å². The van der Waals surface area contributed by atoms with E-state index in [0.717, 1.165) is 44.3 Å². The zero-order valence-electron chi connectivity index (χ0n) is 19.5. The molecule has 3 amide bonds. The van der Waals surface area contributed by atoms with Crippen LogP contribution in [0.5, 0.6) is 0 Å². The third-order valence-corrected chi connectivity index (χ3v) is 7.11. The highest BCUT2D eigenvalue weighted by molar-refractivity contribution is 5.82. The minimum atomic E-state index is -0.258. The highest BCUT2D eigenvalue weighted by atomic mass is 16.2. The van der Waals surface area contributed by atoms with E-state index >= 15 is 0 Å². The molecule has 1 aromatic carbocycles. The molecule has 2 aliphatic heterocycles. The molecule has 2 fully saturated rings. The van der Waals surface area contributed by atoms with Crippen molar-refractivity contribution in [1.29, 1.82) is 0 Å². The first-order chi connectivity index (χ1) is 15.4. The highest BCUT2D eigenvalue weighted by Crippen LogP contribution is 2.25. The van der Waals surface area contributed by atoms with E-state index < -0.39 is 0 Å². The largest absolute Gasteiger partial charge is 0.369 e. The summed E-state index contributed by atoms with van der Waals surface area (Å²) in [5.74, 6) is -0.120. The molecule has 0 bridgehead atoms. The quantitative estimate of drug-likeness (QED) is 0.646. The van der Waals surface area contributed by atoms with Crippen LogP contribution in [0, 0.1) is 11.8 Å². The first-order valence-electron chi connectivity index (χ1n) is 12.1. The topological polar surface area (TPSA) is 95.7 Å². The number of primary amides is 1. The Labute approximate surface area is 191 Å². The second kappa shape index (κ2) is 11.5. The molecular weight excluding hydrogens is 404 g/mol. The summed E-state index contributed by atoms with van der Waals surface area (Å²) in [5.41, 5.74) is 6.54. The molecule has 7 nitrogen and oxygen atoms in total. The fraction of sp³-hybridized carbons (Fsp3) is 0.640. The molecular formula is C25H38N4O3. The molecule has 2 heterocycles. The van der Waals surface area contributed by atoms with Crippen molar-refractivity contribution in [1.82, 2.24) is 15.1 Å². The van der Waals surface area contributed by atoms with Gasteiger partial charge < -0.3 is 16.0 Å². The van der Waals surface area contributed by atoms with E-state index in [2.05, 4.69) is 29.3 Å². The number of rotatable bonds is 8. The molecule has 0 spiro atoms. The van der Waals surface area contributed by atoms with Crippen LogP contribution in [-0.4, -0.2) is 59.7 Å². The SMILES string of the molecule is CCC[C@H](NC(=O)[C@H](C)N1CCC(C(=O)N2CCC(C(N)=O)CC2)CC1)c1ccccc1. The fourth-order valence-corrected chi connectivity index (χ4v) is 4.93. The predicted molar refractivity (Wildman–Crippen MR) is 124 cm³/mol. The van der Waals surface area contributed by atoms with Crippen LogP contribution in [0.4, 0.5) is 0 Å². The summed E-state index contributed by atoms with van der Waals surface area (Å²) in [7, 11) is 0. The molecule has 0 aliphatic carbocycles. The van der Waals surface area contributed by atoms with Gasteiger partial charge in [0.15, 0.2) is 0 Å². The lowest BCUT2D eigenvalue weighted by Gasteiger charge is -2.38. The van der Waals surface area contributed by atoms with Gasteiger partial charge in [-0.25, -0.2) is 0 Å².